The number of rotatable bonds is 7. The van der Waals surface area contributed by atoms with Crippen molar-refractivity contribution in [1.29, 1.82) is 0 Å². The Morgan fingerprint density at radius 3 is 2.57 bits per heavy atom. The minimum Gasteiger partial charge on any atom is -0.340 e. The predicted octanol–water partition coefficient (Wildman–Crippen LogP) is 4.78. The zero-order valence-electron chi connectivity index (χ0n) is 16.4. The summed E-state index contributed by atoms with van der Waals surface area (Å²) in [5.74, 6) is -1.41. The SMILES string of the molecule is CCC(C)C(NC(=O)c1ccc(F)cc1)C(=O)Nc1nnc(-c2cccc(Cl)c2)s1. The molecule has 0 fully saturated rings. The first-order valence-electron chi connectivity index (χ1n) is 9.34. The Morgan fingerprint density at radius 1 is 1.17 bits per heavy atom. The van der Waals surface area contributed by atoms with Gasteiger partial charge in [0.2, 0.25) is 11.0 Å². The molecule has 156 valence electrons. The molecular formula is C21H20ClFN4O2S. The lowest BCUT2D eigenvalue weighted by molar-refractivity contribution is -0.119. The number of nitrogens with zero attached hydrogens (tertiary/aromatic N) is 2. The average Bonchev–Trinajstić information content (AvgIpc) is 3.20. The third-order valence-electron chi connectivity index (χ3n) is 4.62. The van der Waals surface area contributed by atoms with E-state index in [0.717, 1.165) is 5.56 Å². The highest BCUT2D eigenvalue weighted by Crippen LogP contribution is 2.28. The first kappa shape index (κ1) is 21.9. The van der Waals surface area contributed by atoms with Crippen LogP contribution in [-0.4, -0.2) is 28.1 Å². The Hall–Kier alpha value is -2.84. The molecule has 2 unspecified atom stereocenters. The molecule has 1 heterocycles. The molecule has 2 amide bonds. The number of benzene rings is 2. The number of aromatic nitrogens is 2. The van der Waals surface area contributed by atoms with Crippen LogP contribution in [0.3, 0.4) is 0 Å². The molecule has 9 heteroatoms. The predicted molar refractivity (Wildman–Crippen MR) is 116 cm³/mol. The maximum absolute atomic E-state index is 13.1. The van der Waals surface area contributed by atoms with Crippen molar-refractivity contribution < 1.29 is 14.0 Å². The van der Waals surface area contributed by atoms with E-state index < -0.39 is 23.7 Å². The third kappa shape index (κ3) is 5.40. The lowest BCUT2D eigenvalue weighted by atomic mass is 9.98. The summed E-state index contributed by atoms with van der Waals surface area (Å²) in [6, 6.07) is 11.5. The number of carbonyl (C=O) groups is 2. The number of carbonyl (C=O) groups excluding carboxylic acids is 2. The molecule has 0 aliphatic carbocycles. The van der Waals surface area contributed by atoms with E-state index >= 15 is 0 Å². The van der Waals surface area contributed by atoms with Crippen molar-refractivity contribution in [2.45, 2.75) is 26.3 Å². The minimum absolute atomic E-state index is 0.130. The minimum atomic E-state index is -0.786. The maximum Gasteiger partial charge on any atom is 0.251 e. The largest absolute Gasteiger partial charge is 0.340 e. The van der Waals surface area contributed by atoms with Crippen LogP contribution in [0.15, 0.2) is 48.5 Å². The van der Waals surface area contributed by atoms with Crippen LogP contribution < -0.4 is 10.6 Å². The van der Waals surface area contributed by atoms with Gasteiger partial charge in [-0.2, -0.15) is 0 Å². The molecule has 0 saturated carbocycles. The van der Waals surface area contributed by atoms with E-state index in [4.69, 9.17) is 11.6 Å². The van der Waals surface area contributed by atoms with Gasteiger partial charge in [-0.25, -0.2) is 4.39 Å². The van der Waals surface area contributed by atoms with Gasteiger partial charge in [-0.3, -0.25) is 14.9 Å². The molecule has 3 aromatic rings. The van der Waals surface area contributed by atoms with Gasteiger partial charge in [-0.15, -0.1) is 10.2 Å². The summed E-state index contributed by atoms with van der Waals surface area (Å²) in [7, 11) is 0. The van der Waals surface area contributed by atoms with Crippen LogP contribution in [0.2, 0.25) is 5.02 Å². The Labute approximate surface area is 182 Å². The van der Waals surface area contributed by atoms with E-state index in [1.54, 1.807) is 18.2 Å². The fourth-order valence-corrected chi connectivity index (χ4v) is 3.66. The highest BCUT2D eigenvalue weighted by molar-refractivity contribution is 7.18. The fraction of sp³-hybridized carbons (Fsp3) is 0.238. The number of hydrogen-bond donors (Lipinski definition) is 2. The van der Waals surface area contributed by atoms with Gasteiger partial charge in [0.05, 0.1) is 0 Å². The highest BCUT2D eigenvalue weighted by Gasteiger charge is 2.27. The summed E-state index contributed by atoms with van der Waals surface area (Å²) in [5, 5.41) is 15.1. The highest BCUT2D eigenvalue weighted by atomic mass is 35.5. The average molecular weight is 447 g/mol. The molecule has 1 aromatic heterocycles. The number of nitrogens with one attached hydrogen (secondary N) is 2. The van der Waals surface area contributed by atoms with Crippen LogP contribution in [0.5, 0.6) is 0 Å². The quantitative estimate of drug-likeness (QED) is 0.547. The molecule has 2 N–H and O–H groups in total. The van der Waals surface area contributed by atoms with Crippen molar-refractivity contribution in [1.82, 2.24) is 15.5 Å². The summed E-state index contributed by atoms with van der Waals surface area (Å²) in [5.41, 5.74) is 1.07. The van der Waals surface area contributed by atoms with Gasteiger partial charge in [0.25, 0.3) is 5.91 Å². The van der Waals surface area contributed by atoms with Gasteiger partial charge in [0.1, 0.15) is 16.9 Å². The molecule has 3 rings (SSSR count). The van der Waals surface area contributed by atoms with E-state index in [9.17, 15) is 14.0 Å². The number of hydrogen-bond acceptors (Lipinski definition) is 5. The second-order valence-corrected chi connectivity index (χ2v) is 8.17. The van der Waals surface area contributed by atoms with Crippen molar-refractivity contribution in [2.24, 2.45) is 5.92 Å². The molecule has 2 aromatic carbocycles. The molecule has 0 aliphatic heterocycles. The van der Waals surface area contributed by atoms with Gasteiger partial charge in [0, 0.05) is 16.1 Å². The smallest absolute Gasteiger partial charge is 0.251 e. The zero-order chi connectivity index (χ0) is 21.7. The topological polar surface area (TPSA) is 84.0 Å². The molecule has 0 saturated heterocycles. The Morgan fingerprint density at radius 2 is 1.90 bits per heavy atom. The standard InChI is InChI=1S/C21H20ClFN4O2S/c1-3-12(2)17(24-18(28)13-7-9-16(23)10-8-13)19(29)25-21-27-26-20(30-21)14-5-4-6-15(22)11-14/h4-12,17H,3H2,1-2H3,(H,24,28)(H,25,27,29). The van der Waals surface area contributed by atoms with E-state index in [1.807, 2.05) is 19.9 Å². The summed E-state index contributed by atoms with van der Waals surface area (Å²) < 4.78 is 13.1. The van der Waals surface area contributed by atoms with Gasteiger partial charge in [-0.1, -0.05) is 55.3 Å². The van der Waals surface area contributed by atoms with Crippen LogP contribution in [0.25, 0.3) is 10.6 Å². The Kier molecular flexibility index (Phi) is 7.12. The lowest BCUT2D eigenvalue weighted by Gasteiger charge is -2.23. The van der Waals surface area contributed by atoms with E-state index in [0.29, 0.717) is 21.6 Å². The van der Waals surface area contributed by atoms with Crippen molar-refractivity contribution >= 4 is 39.9 Å². The van der Waals surface area contributed by atoms with Gasteiger partial charge < -0.3 is 5.32 Å². The summed E-state index contributed by atoms with van der Waals surface area (Å²) in [4.78, 5) is 25.4. The zero-order valence-corrected chi connectivity index (χ0v) is 17.9. The summed E-state index contributed by atoms with van der Waals surface area (Å²) in [6.45, 7) is 3.80. The number of amides is 2. The number of anilines is 1. The second-order valence-electron chi connectivity index (χ2n) is 6.76. The Balaban J connectivity index is 1.73. The van der Waals surface area contributed by atoms with E-state index in [1.165, 1.54) is 35.6 Å². The lowest BCUT2D eigenvalue weighted by Crippen LogP contribution is -2.47. The maximum atomic E-state index is 13.1. The second kappa shape index (κ2) is 9.77. The van der Waals surface area contributed by atoms with E-state index in [-0.39, 0.29) is 11.5 Å². The van der Waals surface area contributed by atoms with Crippen LogP contribution in [-0.2, 0) is 4.79 Å². The molecular weight excluding hydrogens is 427 g/mol. The van der Waals surface area contributed by atoms with Crippen LogP contribution in [0.1, 0.15) is 30.6 Å². The molecule has 0 bridgehead atoms. The molecule has 0 radical (unpaired) electrons. The van der Waals surface area contributed by atoms with Crippen molar-refractivity contribution in [3.8, 4) is 10.6 Å². The van der Waals surface area contributed by atoms with Crippen LogP contribution in [0.4, 0.5) is 9.52 Å². The third-order valence-corrected chi connectivity index (χ3v) is 5.74. The number of halogens is 2. The summed E-state index contributed by atoms with van der Waals surface area (Å²) >= 11 is 7.22. The first-order valence-corrected chi connectivity index (χ1v) is 10.5. The Bertz CT molecular complexity index is 1040. The van der Waals surface area contributed by atoms with Gasteiger partial charge in [0.15, 0.2) is 0 Å². The summed E-state index contributed by atoms with van der Waals surface area (Å²) in [6.07, 6.45) is 0.672. The normalized spacial score (nSPS) is 12.8. The molecule has 30 heavy (non-hydrogen) atoms. The molecule has 0 spiro atoms. The first-order chi connectivity index (χ1) is 14.4. The van der Waals surface area contributed by atoms with Gasteiger partial charge in [-0.05, 0) is 42.3 Å². The molecule has 6 nitrogen and oxygen atoms in total. The van der Waals surface area contributed by atoms with Crippen molar-refractivity contribution in [3.05, 3.63) is 64.9 Å². The molecule has 0 aliphatic rings. The van der Waals surface area contributed by atoms with Crippen molar-refractivity contribution in [3.63, 3.8) is 0 Å². The fourth-order valence-electron chi connectivity index (χ4n) is 2.72. The van der Waals surface area contributed by atoms with E-state index in [2.05, 4.69) is 20.8 Å². The molecule has 2 atom stereocenters. The van der Waals surface area contributed by atoms with Crippen LogP contribution >= 0.6 is 22.9 Å². The van der Waals surface area contributed by atoms with Crippen LogP contribution in [0, 0.1) is 11.7 Å². The van der Waals surface area contributed by atoms with Gasteiger partial charge >= 0.3 is 0 Å². The monoisotopic (exact) mass is 446 g/mol. The van der Waals surface area contributed by atoms with Crippen molar-refractivity contribution in [2.75, 3.05) is 5.32 Å².